The smallest absolute Gasteiger partial charge is 0.303 e. The van der Waals surface area contributed by atoms with Crippen LogP contribution in [0, 0.1) is 0 Å². The van der Waals surface area contributed by atoms with E-state index in [1.165, 1.54) is 6.08 Å². The highest BCUT2D eigenvalue weighted by atomic mass is 16.4. The topological polar surface area (TPSA) is 91.7 Å². The normalized spacial score (nSPS) is 18.9. The molecule has 0 heterocycles. The molecule has 0 saturated heterocycles. The van der Waals surface area contributed by atoms with Gasteiger partial charge < -0.3 is 10.2 Å². The minimum Gasteiger partial charge on any atom is -0.481 e. The van der Waals surface area contributed by atoms with Crippen molar-refractivity contribution in [2.24, 2.45) is 0 Å². The van der Waals surface area contributed by atoms with Gasteiger partial charge in [-0.25, -0.2) is 0 Å². The second-order valence-corrected chi connectivity index (χ2v) is 5.50. The first-order valence-electron chi connectivity index (χ1n) is 6.55. The third kappa shape index (κ3) is 4.13. The van der Waals surface area contributed by atoms with Crippen molar-refractivity contribution < 1.29 is 24.6 Å². The number of aliphatic hydroxyl groups is 1. The molecule has 0 saturated carbocycles. The van der Waals surface area contributed by atoms with Gasteiger partial charge in [0.05, 0.1) is 5.60 Å². The molecule has 0 spiro atoms. The maximum absolute atomic E-state index is 12.0. The monoisotopic (exact) mass is 280 g/mol. The molecule has 0 aliphatic heterocycles. The van der Waals surface area contributed by atoms with Gasteiger partial charge in [-0.3, -0.25) is 14.4 Å². The number of aliphatic carboxylic acids is 1. The fourth-order valence-electron chi connectivity index (χ4n) is 2.02. The highest BCUT2D eigenvalue weighted by molar-refractivity contribution is 6.22. The van der Waals surface area contributed by atoms with Gasteiger partial charge in [-0.15, -0.1) is 0 Å². The molecule has 0 unspecified atom stereocenters. The van der Waals surface area contributed by atoms with Crippen LogP contribution in [-0.2, 0) is 14.4 Å². The summed E-state index contributed by atoms with van der Waals surface area (Å²) in [5.41, 5.74) is 0.120. The van der Waals surface area contributed by atoms with Crippen molar-refractivity contribution in [2.45, 2.75) is 52.1 Å². The highest BCUT2D eigenvalue weighted by Crippen LogP contribution is 2.26. The Labute approximate surface area is 118 Å². The third-order valence-electron chi connectivity index (χ3n) is 3.68. The molecule has 0 amide bonds. The van der Waals surface area contributed by atoms with Crippen LogP contribution in [0.5, 0.6) is 0 Å². The highest BCUT2D eigenvalue weighted by Gasteiger charge is 2.26. The number of ketones is 2. The van der Waals surface area contributed by atoms with Crippen LogP contribution in [0.4, 0.5) is 0 Å². The SMILES string of the molecule is CC1=C(C)C(=O)C(CC[C@](C)(O)CCC(=O)O)=CC1=O. The van der Waals surface area contributed by atoms with Gasteiger partial charge >= 0.3 is 5.97 Å². The lowest BCUT2D eigenvalue weighted by Gasteiger charge is -2.23. The number of allylic oxidation sites excluding steroid dienone is 4. The number of rotatable bonds is 6. The largest absolute Gasteiger partial charge is 0.481 e. The predicted octanol–water partition coefficient (Wildman–Crippen LogP) is 1.80. The number of carboxylic acid groups (broad SMARTS) is 1. The molecule has 20 heavy (non-hydrogen) atoms. The average Bonchev–Trinajstić information content (AvgIpc) is 2.37. The van der Waals surface area contributed by atoms with Gasteiger partial charge in [-0.05, 0) is 46.1 Å². The Morgan fingerprint density at radius 2 is 1.80 bits per heavy atom. The van der Waals surface area contributed by atoms with Crippen LogP contribution in [0.1, 0.15) is 46.5 Å². The summed E-state index contributed by atoms with van der Waals surface area (Å²) in [5.74, 6) is -1.32. The van der Waals surface area contributed by atoms with Crippen LogP contribution < -0.4 is 0 Å². The van der Waals surface area contributed by atoms with Crippen molar-refractivity contribution in [1.29, 1.82) is 0 Å². The Bertz CT molecular complexity index is 508. The molecule has 1 rings (SSSR count). The van der Waals surface area contributed by atoms with Gasteiger partial charge in [-0.1, -0.05) is 0 Å². The fraction of sp³-hybridized carbons (Fsp3) is 0.533. The second kappa shape index (κ2) is 6.13. The summed E-state index contributed by atoms with van der Waals surface area (Å²) in [4.78, 5) is 34.2. The van der Waals surface area contributed by atoms with Crippen LogP contribution in [0.25, 0.3) is 0 Å². The van der Waals surface area contributed by atoms with E-state index in [9.17, 15) is 19.5 Å². The predicted molar refractivity (Wildman–Crippen MR) is 73.2 cm³/mol. The Morgan fingerprint density at radius 3 is 2.35 bits per heavy atom. The Hall–Kier alpha value is -1.75. The maximum Gasteiger partial charge on any atom is 0.303 e. The molecule has 5 nitrogen and oxygen atoms in total. The molecular formula is C15H20O5. The van der Waals surface area contributed by atoms with Crippen LogP contribution in [0.3, 0.4) is 0 Å². The minimum atomic E-state index is -1.16. The summed E-state index contributed by atoms with van der Waals surface area (Å²) in [6.07, 6.45) is 1.82. The van der Waals surface area contributed by atoms with Gasteiger partial charge in [-0.2, -0.15) is 0 Å². The number of carbonyl (C=O) groups excluding carboxylic acids is 2. The number of carbonyl (C=O) groups is 3. The second-order valence-electron chi connectivity index (χ2n) is 5.50. The van der Waals surface area contributed by atoms with Crippen molar-refractivity contribution in [1.82, 2.24) is 0 Å². The third-order valence-corrected chi connectivity index (χ3v) is 3.68. The summed E-state index contributed by atoms with van der Waals surface area (Å²) in [5, 5.41) is 18.7. The first-order chi connectivity index (χ1) is 9.14. The maximum atomic E-state index is 12.0. The van der Waals surface area contributed by atoms with Gasteiger partial charge in [0, 0.05) is 23.1 Å². The summed E-state index contributed by atoms with van der Waals surface area (Å²) in [7, 11) is 0. The number of hydrogen-bond acceptors (Lipinski definition) is 4. The van der Waals surface area contributed by atoms with Crippen LogP contribution >= 0.6 is 0 Å². The van der Waals surface area contributed by atoms with Crippen LogP contribution in [0.2, 0.25) is 0 Å². The van der Waals surface area contributed by atoms with Crippen molar-refractivity contribution in [2.75, 3.05) is 0 Å². The zero-order valence-electron chi connectivity index (χ0n) is 12.0. The van der Waals surface area contributed by atoms with Crippen molar-refractivity contribution in [3.63, 3.8) is 0 Å². The standard InChI is InChI=1S/C15H20O5/c1-9-10(2)14(19)11(8-12(9)16)4-6-15(3,20)7-5-13(17)18/h8,20H,4-7H2,1-3H3,(H,17,18)/t15-/m0/s1. The summed E-state index contributed by atoms with van der Waals surface area (Å²) >= 11 is 0. The number of hydrogen-bond donors (Lipinski definition) is 2. The Morgan fingerprint density at radius 1 is 1.20 bits per heavy atom. The van der Waals surface area contributed by atoms with E-state index in [-0.39, 0.29) is 37.2 Å². The molecular weight excluding hydrogens is 260 g/mol. The number of Topliss-reactive ketones (excluding diaryl/α,β-unsaturated/α-hetero) is 1. The molecule has 0 fully saturated rings. The number of carboxylic acids is 1. The van der Waals surface area contributed by atoms with E-state index in [0.29, 0.717) is 16.7 Å². The minimum absolute atomic E-state index is 0.117. The van der Waals surface area contributed by atoms with Crippen molar-refractivity contribution >= 4 is 17.5 Å². The Kier molecular flexibility index (Phi) is 5.00. The molecule has 0 radical (unpaired) electrons. The molecule has 2 N–H and O–H groups in total. The van der Waals surface area contributed by atoms with Gasteiger partial charge in [0.1, 0.15) is 0 Å². The van der Waals surface area contributed by atoms with Crippen molar-refractivity contribution in [3.05, 3.63) is 22.8 Å². The average molecular weight is 280 g/mol. The molecule has 0 aromatic carbocycles. The lowest BCUT2D eigenvalue weighted by molar-refractivity contribution is -0.138. The molecule has 0 aromatic heterocycles. The lowest BCUT2D eigenvalue weighted by Crippen LogP contribution is -2.26. The molecule has 0 aromatic rings. The Balaban J connectivity index is 2.66. The van der Waals surface area contributed by atoms with E-state index >= 15 is 0 Å². The quantitative estimate of drug-likeness (QED) is 0.724. The van der Waals surface area contributed by atoms with Crippen LogP contribution in [0.15, 0.2) is 22.8 Å². The van der Waals surface area contributed by atoms with Gasteiger partial charge in [0.15, 0.2) is 11.6 Å². The van der Waals surface area contributed by atoms with E-state index < -0.39 is 11.6 Å². The molecule has 5 heteroatoms. The molecule has 110 valence electrons. The van der Waals surface area contributed by atoms with Gasteiger partial charge in [0.25, 0.3) is 0 Å². The van der Waals surface area contributed by atoms with E-state index in [2.05, 4.69) is 0 Å². The molecule has 1 aliphatic rings. The zero-order chi connectivity index (χ0) is 15.5. The van der Waals surface area contributed by atoms with Crippen LogP contribution in [-0.4, -0.2) is 33.3 Å². The first-order valence-corrected chi connectivity index (χ1v) is 6.55. The summed E-state index contributed by atoms with van der Waals surface area (Å²) in [6, 6.07) is 0. The molecule has 1 atom stereocenters. The van der Waals surface area contributed by atoms with Crippen molar-refractivity contribution in [3.8, 4) is 0 Å². The first kappa shape index (κ1) is 16.3. The van der Waals surface area contributed by atoms with E-state index in [1.54, 1.807) is 20.8 Å². The molecule has 1 aliphatic carbocycles. The van der Waals surface area contributed by atoms with E-state index in [0.717, 1.165) is 0 Å². The molecule has 0 bridgehead atoms. The van der Waals surface area contributed by atoms with E-state index in [1.807, 2.05) is 0 Å². The zero-order valence-corrected chi connectivity index (χ0v) is 12.0. The van der Waals surface area contributed by atoms with E-state index in [4.69, 9.17) is 5.11 Å². The lowest BCUT2D eigenvalue weighted by atomic mass is 9.85. The van der Waals surface area contributed by atoms with Gasteiger partial charge in [0.2, 0.25) is 0 Å². The summed E-state index contributed by atoms with van der Waals surface area (Å²) in [6.45, 7) is 4.77. The fourth-order valence-corrected chi connectivity index (χ4v) is 2.02. The summed E-state index contributed by atoms with van der Waals surface area (Å²) < 4.78 is 0.